The fourth-order valence-electron chi connectivity index (χ4n) is 3.31. The highest BCUT2D eigenvalue weighted by Gasteiger charge is 2.44. The van der Waals surface area contributed by atoms with Crippen molar-refractivity contribution in [3.05, 3.63) is 23.8 Å². The summed E-state index contributed by atoms with van der Waals surface area (Å²) >= 11 is 0. The van der Waals surface area contributed by atoms with Crippen molar-refractivity contribution in [3.8, 4) is 5.75 Å². The summed E-state index contributed by atoms with van der Waals surface area (Å²) in [5.74, 6) is 0.236. The molecule has 27 heavy (non-hydrogen) atoms. The first kappa shape index (κ1) is 19.2. The number of carbonyl (C=O) groups excluding carboxylic acids is 2. The number of carbonyl (C=O) groups is 2. The monoisotopic (exact) mass is 374 g/mol. The molecule has 0 aromatic heterocycles. The van der Waals surface area contributed by atoms with Crippen LogP contribution in [0.2, 0.25) is 0 Å². The van der Waals surface area contributed by atoms with Gasteiger partial charge >= 0.3 is 0 Å². The van der Waals surface area contributed by atoms with Crippen molar-refractivity contribution in [2.45, 2.75) is 31.2 Å². The Morgan fingerprint density at radius 1 is 1.48 bits per heavy atom. The molecule has 1 unspecified atom stereocenters. The lowest BCUT2D eigenvalue weighted by atomic mass is 9.86. The number of rotatable bonds is 7. The molecule has 0 radical (unpaired) electrons. The van der Waals surface area contributed by atoms with Crippen molar-refractivity contribution >= 4 is 23.2 Å². The molecule has 0 spiro atoms. The zero-order valence-electron chi connectivity index (χ0n) is 15.5. The van der Waals surface area contributed by atoms with E-state index in [0.29, 0.717) is 42.5 Å². The number of nitrogens with zero attached hydrogens (tertiary/aromatic N) is 1. The Bertz CT molecular complexity index is 760. The van der Waals surface area contributed by atoms with Crippen LogP contribution in [0.3, 0.4) is 0 Å². The van der Waals surface area contributed by atoms with Crippen LogP contribution in [0, 0.1) is 5.92 Å². The Hall–Kier alpha value is -2.61. The third-order valence-electron chi connectivity index (χ3n) is 5.32. The zero-order chi connectivity index (χ0) is 19.4. The third-order valence-corrected chi connectivity index (χ3v) is 5.32. The molecule has 1 aliphatic carbocycles. The van der Waals surface area contributed by atoms with Gasteiger partial charge in [0.25, 0.3) is 5.91 Å². The minimum absolute atomic E-state index is 0.0918. The summed E-state index contributed by atoms with van der Waals surface area (Å²) in [7, 11) is 1.48. The molecular formula is C19H26N4O4. The Morgan fingerprint density at radius 2 is 2.26 bits per heavy atom. The van der Waals surface area contributed by atoms with Gasteiger partial charge in [0.2, 0.25) is 5.91 Å². The van der Waals surface area contributed by atoms with Gasteiger partial charge in [-0.1, -0.05) is 6.42 Å². The van der Waals surface area contributed by atoms with Crippen LogP contribution in [0.5, 0.6) is 5.75 Å². The fraction of sp³-hybridized carbons (Fsp3) is 0.526. The van der Waals surface area contributed by atoms with Crippen molar-refractivity contribution in [1.29, 1.82) is 0 Å². The Labute approximate surface area is 158 Å². The molecule has 8 nitrogen and oxygen atoms in total. The lowest BCUT2D eigenvalue weighted by molar-refractivity contribution is -0.130. The van der Waals surface area contributed by atoms with Gasteiger partial charge in [-0.25, -0.2) is 0 Å². The summed E-state index contributed by atoms with van der Waals surface area (Å²) in [5, 5.41) is 14.9. The van der Waals surface area contributed by atoms with Crippen molar-refractivity contribution in [3.63, 3.8) is 0 Å². The van der Waals surface area contributed by atoms with Crippen molar-refractivity contribution < 1.29 is 19.4 Å². The second-order valence-electron chi connectivity index (χ2n) is 7.13. The SMILES string of the molecule is CN=C(C(=O)NC1(CO)CCNC1=O)c1cc(OCC2CCC2)ccc1N. The molecule has 1 aliphatic heterocycles. The van der Waals surface area contributed by atoms with Crippen molar-refractivity contribution in [2.75, 3.05) is 32.5 Å². The van der Waals surface area contributed by atoms with Crippen LogP contribution < -0.4 is 21.1 Å². The highest BCUT2D eigenvalue weighted by molar-refractivity contribution is 6.46. The van der Waals surface area contributed by atoms with Crippen LogP contribution in [0.15, 0.2) is 23.2 Å². The predicted octanol–water partition coefficient (Wildman–Crippen LogP) is 0.234. The molecular weight excluding hydrogens is 348 g/mol. The average molecular weight is 374 g/mol. The normalized spacial score (nSPS) is 22.9. The lowest BCUT2D eigenvalue weighted by Crippen LogP contribution is -2.57. The van der Waals surface area contributed by atoms with E-state index < -0.39 is 24.0 Å². The van der Waals surface area contributed by atoms with Gasteiger partial charge < -0.3 is 26.2 Å². The Balaban J connectivity index is 1.77. The molecule has 146 valence electrons. The number of aliphatic hydroxyl groups is 1. The molecule has 1 aromatic rings. The minimum Gasteiger partial charge on any atom is -0.493 e. The van der Waals surface area contributed by atoms with E-state index in [0.717, 1.165) is 0 Å². The first-order chi connectivity index (χ1) is 13.0. The minimum atomic E-state index is -1.33. The highest BCUT2D eigenvalue weighted by atomic mass is 16.5. The summed E-state index contributed by atoms with van der Waals surface area (Å²) in [4.78, 5) is 28.9. The fourth-order valence-corrected chi connectivity index (χ4v) is 3.31. The van der Waals surface area contributed by atoms with E-state index in [2.05, 4.69) is 15.6 Å². The number of nitrogens with two attached hydrogens (primary N) is 1. The van der Waals surface area contributed by atoms with Crippen molar-refractivity contribution in [2.24, 2.45) is 10.9 Å². The van der Waals surface area contributed by atoms with Gasteiger partial charge in [0.05, 0.1) is 13.2 Å². The lowest BCUT2D eigenvalue weighted by Gasteiger charge is -2.26. The van der Waals surface area contributed by atoms with E-state index in [1.54, 1.807) is 18.2 Å². The Morgan fingerprint density at radius 3 is 2.81 bits per heavy atom. The van der Waals surface area contributed by atoms with E-state index in [9.17, 15) is 14.7 Å². The average Bonchev–Trinajstić information content (AvgIpc) is 2.97. The first-order valence-electron chi connectivity index (χ1n) is 9.20. The van der Waals surface area contributed by atoms with E-state index in [-0.39, 0.29) is 5.71 Å². The van der Waals surface area contributed by atoms with Crippen LogP contribution in [0.4, 0.5) is 5.69 Å². The molecule has 1 heterocycles. The number of benzene rings is 1. The molecule has 3 rings (SSSR count). The molecule has 2 aliphatic rings. The summed E-state index contributed by atoms with van der Waals surface area (Å²) in [6.07, 6.45) is 3.91. The molecule has 5 N–H and O–H groups in total. The van der Waals surface area contributed by atoms with Crippen molar-refractivity contribution in [1.82, 2.24) is 10.6 Å². The van der Waals surface area contributed by atoms with E-state index in [4.69, 9.17) is 10.5 Å². The number of aliphatic imine (C=N–C) groups is 1. The summed E-state index contributed by atoms with van der Waals surface area (Å²) < 4.78 is 5.83. The van der Waals surface area contributed by atoms with Gasteiger partial charge in [-0.15, -0.1) is 0 Å². The van der Waals surface area contributed by atoms with Gasteiger partial charge in [-0.2, -0.15) is 0 Å². The first-order valence-corrected chi connectivity index (χ1v) is 9.20. The second kappa shape index (κ2) is 7.96. The van der Waals surface area contributed by atoms with Crippen LogP contribution in [-0.2, 0) is 9.59 Å². The molecule has 1 atom stereocenters. The molecule has 2 amide bonds. The number of amides is 2. The highest BCUT2D eigenvalue weighted by Crippen LogP contribution is 2.28. The number of ether oxygens (including phenoxy) is 1. The second-order valence-corrected chi connectivity index (χ2v) is 7.13. The van der Waals surface area contributed by atoms with E-state index in [1.165, 1.54) is 26.3 Å². The number of nitrogens with one attached hydrogen (secondary N) is 2. The molecule has 0 bridgehead atoms. The van der Waals surface area contributed by atoms with Crippen LogP contribution in [0.25, 0.3) is 0 Å². The molecule has 1 aromatic carbocycles. The third kappa shape index (κ3) is 3.90. The number of hydrogen-bond acceptors (Lipinski definition) is 6. The predicted molar refractivity (Wildman–Crippen MR) is 102 cm³/mol. The molecule has 8 heteroatoms. The maximum Gasteiger partial charge on any atom is 0.271 e. The maximum atomic E-state index is 12.8. The largest absolute Gasteiger partial charge is 0.493 e. The maximum absolute atomic E-state index is 12.8. The van der Waals surface area contributed by atoms with Crippen LogP contribution in [-0.4, -0.2) is 55.0 Å². The van der Waals surface area contributed by atoms with Gasteiger partial charge in [0.1, 0.15) is 17.0 Å². The zero-order valence-corrected chi connectivity index (χ0v) is 15.5. The number of aliphatic hydroxyl groups excluding tert-OH is 1. The Kier molecular flexibility index (Phi) is 5.65. The summed E-state index contributed by atoms with van der Waals surface area (Å²) in [6.45, 7) is 0.550. The number of nitrogen functional groups attached to an aromatic ring is 1. The molecule has 1 saturated carbocycles. The molecule has 1 saturated heterocycles. The molecule has 2 fully saturated rings. The van der Waals surface area contributed by atoms with Gasteiger partial charge in [0, 0.05) is 24.8 Å². The quantitative estimate of drug-likeness (QED) is 0.402. The topological polar surface area (TPSA) is 126 Å². The smallest absolute Gasteiger partial charge is 0.271 e. The van der Waals surface area contributed by atoms with Gasteiger partial charge in [-0.3, -0.25) is 14.6 Å². The van der Waals surface area contributed by atoms with E-state index >= 15 is 0 Å². The van der Waals surface area contributed by atoms with E-state index in [1.807, 2.05) is 0 Å². The number of anilines is 1. The number of hydrogen-bond donors (Lipinski definition) is 4. The standard InChI is InChI=1S/C19H26N4O4/c1-21-16(17(25)23-19(11-24)7-8-22-18(19)26)14-9-13(5-6-15(14)20)27-10-12-3-2-4-12/h5-6,9,12,24H,2-4,7-8,10-11,20H2,1H3,(H,22,26)(H,23,25). The van der Waals surface area contributed by atoms with Gasteiger partial charge in [0.15, 0.2) is 0 Å². The summed E-state index contributed by atoms with van der Waals surface area (Å²) in [5.41, 5.74) is 5.63. The summed E-state index contributed by atoms with van der Waals surface area (Å²) in [6, 6.07) is 5.13. The van der Waals surface area contributed by atoms with Gasteiger partial charge in [-0.05, 0) is 43.4 Å². The van der Waals surface area contributed by atoms with Crippen LogP contribution in [0.1, 0.15) is 31.2 Å². The van der Waals surface area contributed by atoms with Crippen LogP contribution >= 0.6 is 0 Å².